The van der Waals surface area contributed by atoms with E-state index in [0.29, 0.717) is 19.4 Å². The van der Waals surface area contributed by atoms with Crippen molar-refractivity contribution in [3.8, 4) is 0 Å². The highest BCUT2D eigenvalue weighted by atomic mass is 16.4. The van der Waals surface area contributed by atoms with Gasteiger partial charge in [0.15, 0.2) is 0 Å². The zero-order valence-corrected chi connectivity index (χ0v) is 16.8. The van der Waals surface area contributed by atoms with Gasteiger partial charge in [0.05, 0.1) is 6.61 Å². The summed E-state index contributed by atoms with van der Waals surface area (Å²) in [5, 5.41) is 33.8. The average Bonchev–Trinajstić information content (AvgIpc) is 2.68. The number of carboxylic acid groups (broad SMARTS) is 2. The topological polar surface area (TPSA) is 234 Å². The lowest BCUT2D eigenvalue weighted by molar-refractivity contribution is -0.143. The summed E-state index contributed by atoms with van der Waals surface area (Å²) in [5.41, 5.74) is 10.7. The van der Waals surface area contributed by atoms with Gasteiger partial charge in [-0.2, -0.15) is 0 Å². The number of rotatable bonds is 15. The molecule has 0 aliphatic carbocycles. The molecule has 0 heterocycles. The Labute approximate surface area is 173 Å². The lowest BCUT2D eigenvalue weighted by Crippen LogP contribution is -2.56. The van der Waals surface area contributed by atoms with Gasteiger partial charge in [-0.1, -0.05) is 0 Å². The number of hydrogen-bond donors (Lipinski definition) is 8. The molecule has 0 saturated carbocycles. The highest BCUT2D eigenvalue weighted by Gasteiger charge is 2.28. The van der Waals surface area contributed by atoms with Crippen LogP contribution in [-0.4, -0.2) is 82.3 Å². The average molecular weight is 433 g/mol. The summed E-state index contributed by atoms with van der Waals surface area (Å²) < 4.78 is 0. The molecule has 13 nitrogen and oxygen atoms in total. The quantitative estimate of drug-likeness (QED) is 0.121. The van der Waals surface area contributed by atoms with E-state index >= 15 is 0 Å². The van der Waals surface area contributed by atoms with Crippen LogP contribution in [0.3, 0.4) is 0 Å². The van der Waals surface area contributed by atoms with E-state index in [2.05, 4.69) is 16.0 Å². The molecule has 13 heteroatoms. The van der Waals surface area contributed by atoms with Crippen molar-refractivity contribution < 1.29 is 39.3 Å². The highest BCUT2D eigenvalue weighted by Crippen LogP contribution is 2.04. The molecule has 0 aliphatic rings. The first-order valence-corrected chi connectivity index (χ1v) is 9.45. The van der Waals surface area contributed by atoms with Crippen molar-refractivity contribution in [1.82, 2.24) is 16.0 Å². The molecule has 0 aliphatic heterocycles. The van der Waals surface area contributed by atoms with Crippen molar-refractivity contribution in [2.75, 3.05) is 13.2 Å². The first kappa shape index (κ1) is 27.2. The fourth-order valence-electron chi connectivity index (χ4n) is 2.32. The van der Waals surface area contributed by atoms with Gasteiger partial charge >= 0.3 is 11.9 Å². The van der Waals surface area contributed by atoms with Crippen molar-refractivity contribution >= 4 is 29.7 Å². The van der Waals surface area contributed by atoms with Gasteiger partial charge < -0.3 is 42.7 Å². The predicted molar refractivity (Wildman–Crippen MR) is 104 cm³/mol. The van der Waals surface area contributed by atoms with Crippen LogP contribution in [0.2, 0.25) is 0 Å². The van der Waals surface area contributed by atoms with Gasteiger partial charge in [-0.3, -0.25) is 19.2 Å². The third-order valence-corrected chi connectivity index (χ3v) is 4.13. The van der Waals surface area contributed by atoms with Gasteiger partial charge in [-0.25, -0.2) is 4.79 Å². The molecule has 0 aromatic carbocycles. The van der Waals surface area contributed by atoms with Crippen molar-refractivity contribution in [1.29, 1.82) is 0 Å². The highest BCUT2D eigenvalue weighted by molar-refractivity contribution is 5.94. The molecule has 0 rings (SSSR count). The Hall–Kier alpha value is -2.77. The summed E-state index contributed by atoms with van der Waals surface area (Å²) in [7, 11) is 0. The molecule has 4 atom stereocenters. The molecular weight excluding hydrogens is 402 g/mol. The van der Waals surface area contributed by atoms with Gasteiger partial charge in [0, 0.05) is 6.42 Å². The number of carboxylic acids is 2. The van der Waals surface area contributed by atoms with Crippen LogP contribution in [-0.2, 0) is 24.0 Å². The minimum Gasteiger partial charge on any atom is -0.481 e. The number of aliphatic hydroxyl groups excluding tert-OH is 1. The van der Waals surface area contributed by atoms with E-state index in [4.69, 9.17) is 21.7 Å². The number of unbranched alkanes of at least 4 members (excludes halogenated alkanes) is 1. The first-order valence-electron chi connectivity index (χ1n) is 9.45. The van der Waals surface area contributed by atoms with Crippen LogP contribution in [0.4, 0.5) is 0 Å². The van der Waals surface area contributed by atoms with Crippen LogP contribution in [0.25, 0.3) is 0 Å². The Kier molecular flexibility index (Phi) is 12.9. The largest absolute Gasteiger partial charge is 0.481 e. The second-order valence-corrected chi connectivity index (χ2v) is 6.70. The molecule has 0 aromatic heterocycles. The third-order valence-electron chi connectivity index (χ3n) is 4.13. The molecule has 30 heavy (non-hydrogen) atoms. The molecule has 0 aromatic rings. The molecule has 10 N–H and O–H groups in total. The molecule has 4 unspecified atom stereocenters. The summed E-state index contributed by atoms with van der Waals surface area (Å²) in [6.45, 7) is 1.03. The van der Waals surface area contributed by atoms with Gasteiger partial charge in [0.25, 0.3) is 0 Å². The van der Waals surface area contributed by atoms with Crippen LogP contribution in [0, 0.1) is 0 Å². The van der Waals surface area contributed by atoms with Gasteiger partial charge in [0.2, 0.25) is 17.7 Å². The molecular formula is C17H31N5O8. The fraction of sp³-hybridized carbons (Fsp3) is 0.706. The summed E-state index contributed by atoms with van der Waals surface area (Å²) >= 11 is 0. The van der Waals surface area contributed by atoms with Crippen LogP contribution in [0.15, 0.2) is 0 Å². The molecule has 0 bridgehead atoms. The van der Waals surface area contributed by atoms with Gasteiger partial charge in [-0.15, -0.1) is 0 Å². The third kappa shape index (κ3) is 10.7. The lowest BCUT2D eigenvalue weighted by Gasteiger charge is -2.23. The summed E-state index contributed by atoms with van der Waals surface area (Å²) in [6.07, 6.45) is 0.377. The van der Waals surface area contributed by atoms with Gasteiger partial charge in [-0.05, 0) is 39.2 Å². The van der Waals surface area contributed by atoms with Crippen molar-refractivity contribution in [2.24, 2.45) is 11.5 Å². The summed E-state index contributed by atoms with van der Waals surface area (Å²) in [6, 6.07) is -4.95. The van der Waals surface area contributed by atoms with Crippen molar-refractivity contribution in [3.05, 3.63) is 0 Å². The zero-order valence-electron chi connectivity index (χ0n) is 16.8. The Balaban J connectivity index is 5.12. The van der Waals surface area contributed by atoms with E-state index in [1.54, 1.807) is 0 Å². The van der Waals surface area contributed by atoms with E-state index < -0.39 is 66.9 Å². The monoisotopic (exact) mass is 433 g/mol. The minimum atomic E-state index is -1.34. The molecule has 172 valence electrons. The molecule has 3 amide bonds. The van der Waals surface area contributed by atoms with Crippen LogP contribution < -0.4 is 27.4 Å². The number of aliphatic carboxylic acids is 2. The maximum absolute atomic E-state index is 12.5. The number of carbonyl (C=O) groups excluding carboxylic acids is 3. The molecule has 0 radical (unpaired) electrons. The summed E-state index contributed by atoms with van der Waals surface area (Å²) in [4.78, 5) is 58.7. The molecule has 0 saturated heterocycles. The molecule has 0 spiro atoms. The van der Waals surface area contributed by atoms with Crippen LogP contribution in [0.5, 0.6) is 0 Å². The Bertz CT molecular complexity index is 615. The number of nitrogens with two attached hydrogens (primary N) is 2. The predicted octanol–water partition coefficient (Wildman–Crippen LogP) is -3.14. The van der Waals surface area contributed by atoms with E-state index in [-0.39, 0.29) is 12.8 Å². The number of aliphatic hydroxyl groups is 1. The fourth-order valence-corrected chi connectivity index (χ4v) is 2.32. The van der Waals surface area contributed by atoms with Gasteiger partial charge in [0.1, 0.15) is 24.2 Å². The minimum absolute atomic E-state index is 0.114. The van der Waals surface area contributed by atoms with E-state index in [1.807, 2.05) is 0 Å². The van der Waals surface area contributed by atoms with Crippen molar-refractivity contribution in [3.63, 3.8) is 0 Å². The van der Waals surface area contributed by atoms with E-state index in [0.717, 1.165) is 0 Å². The maximum Gasteiger partial charge on any atom is 0.326 e. The maximum atomic E-state index is 12.5. The normalized spacial score (nSPS) is 14.7. The smallest absolute Gasteiger partial charge is 0.326 e. The summed E-state index contributed by atoms with van der Waals surface area (Å²) in [5.74, 6) is -4.96. The number of hydrogen-bond acceptors (Lipinski definition) is 8. The standard InChI is InChI=1S/C17H31N5O8/c1-9(20-15(27)10(19)8-23)14(26)21-11(5-6-13(24)25)16(28)22-12(17(29)30)4-2-3-7-18/h9-12,23H,2-8,18-19H2,1H3,(H,20,27)(H,21,26)(H,22,28)(H,24,25)(H,29,30). The second-order valence-electron chi connectivity index (χ2n) is 6.70. The number of nitrogens with one attached hydrogen (secondary N) is 3. The Morgan fingerprint density at radius 3 is 1.97 bits per heavy atom. The van der Waals surface area contributed by atoms with Crippen LogP contribution in [0.1, 0.15) is 39.0 Å². The number of carbonyl (C=O) groups is 5. The Morgan fingerprint density at radius 2 is 1.47 bits per heavy atom. The first-order chi connectivity index (χ1) is 14.0. The lowest BCUT2D eigenvalue weighted by atomic mass is 10.1. The molecule has 0 fully saturated rings. The van der Waals surface area contributed by atoms with E-state index in [1.165, 1.54) is 6.92 Å². The number of amides is 3. The van der Waals surface area contributed by atoms with Crippen molar-refractivity contribution in [2.45, 2.75) is 63.2 Å². The second kappa shape index (κ2) is 14.3. The van der Waals surface area contributed by atoms with E-state index in [9.17, 15) is 29.1 Å². The zero-order chi connectivity index (χ0) is 23.3. The SMILES string of the molecule is CC(NC(=O)C(N)CO)C(=O)NC(CCC(=O)O)C(=O)NC(CCCCN)C(=O)O. The Morgan fingerprint density at radius 1 is 0.867 bits per heavy atom. The van der Waals surface area contributed by atoms with Crippen LogP contribution >= 0.6 is 0 Å².